The molecule has 0 aliphatic heterocycles. The maximum atomic E-state index is 11.6. The number of carbonyl (C=O) groups is 1. The van der Waals surface area contributed by atoms with Crippen LogP contribution in [0.25, 0.3) is 0 Å². The van der Waals surface area contributed by atoms with Crippen molar-refractivity contribution in [2.45, 2.75) is 13.3 Å². The maximum Gasteiger partial charge on any atom is 0.350 e. The summed E-state index contributed by atoms with van der Waals surface area (Å²) in [6.07, 6.45) is 0.399. The Morgan fingerprint density at radius 2 is 2.21 bits per heavy atom. The molecule has 0 saturated carbocycles. The monoisotopic (exact) mass is 283 g/mol. The highest BCUT2D eigenvalue weighted by Gasteiger charge is 2.19. The number of rotatable bonds is 7. The fourth-order valence-electron chi connectivity index (χ4n) is 1.49. The van der Waals surface area contributed by atoms with Gasteiger partial charge in [-0.15, -0.1) is 0 Å². The standard InChI is InChI=1S/C12H17N3O3S/c1-9-10(11(16)18-3)19-12(14-9)15(6-4-5-13)7-8-17-2/h4,6-8H2,1-3H3. The van der Waals surface area contributed by atoms with E-state index in [9.17, 15) is 4.79 Å². The summed E-state index contributed by atoms with van der Waals surface area (Å²) in [4.78, 5) is 18.4. The SMILES string of the molecule is COCCN(CCC#N)c1nc(C)c(C(=O)OC)s1. The van der Waals surface area contributed by atoms with Gasteiger partial charge in [0.05, 0.1) is 31.9 Å². The van der Waals surface area contributed by atoms with E-state index in [0.29, 0.717) is 41.8 Å². The van der Waals surface area contributed by atoms with Crippen LogP contribution in [0.5, 0.6) is 0 Å². The van der Waals surface area contributed by atoms with Gasteiger partial charge >= 0.3 is 5.97 Å². The Morgan fingerprint density at radius 1 is 1.47 bits per heavy atom. The van der Waals surface area contributed by atoms with Crippen molar-refractivity contribution in [1.82, 2.24) is 4.98 Å². The first-order valence-electron chi connectivity index (χ1n) is 5.80. The third-order valence-corrected chi connectivity index (χ3v) is 3.68. The van der Waals surface area contributed by atoms with Crippen molar-refractivity contribution in [2.75, 3.05) is 38.8 Å². The topological polar surface area (TPSA) is 75.5 Å². The lowest BCUT2D eigenvalue weighted by Gasteiger charge is -2.19. The highest BCUT2D eigenvalue weighted by atomic mass is 32.1. The molecule has 0 saturated heterocycles. The van der Waals surface area contributed by atoms with Crippen LogP contribution in [0, 0.1) is 18.3 Å². The second-order valence-electron chi connectivity index (χ2n) is 3.79. The van der Waals surface area contributed by atoms with E-state index in [4.69, 9.17) is 14.7 Å². The number of thiazole rings is 1. The van der Waals surface area contributed by atoms with Gasteiger partial charge < -0.3 is 14.4 Å². The molecule has 19 heavy (non-hydrogen) atoms. The summed E-state index contributed by atoms with van der Waals surface area (Å²) in [7, 11) is 2.97. The van der Waals surface area contributed by atoms with Gasteiger partial charge in [-0.25, -0.2) is 9.78 Å². The summed E-state index contributed by atoms with van der Waals surface area (Å²) < 4.78 is 9.75. The smallest absolute Gasteiger partial charge is 0.350 e. The third kappa shape index (κ3) is 4.19. The van der Waals surface area contributed by atoms with Crippen molar-refractivity contribution in [3.05, 3.63) is 10.6 Å². The Labute approximate surface area is 116 Å². The van der Waals surface area contributed by atoms with Crippen LogP contribution in [0.1, 0.15) is 21.8 Å². The number of aryl methyl sites for hydroxylation is 1. The van der Waals surface area contributed by atoms with E-state index in [1.807, 2.05) is 4.90 Å². The molecule has 1 rings (SSSR count). The van der Waals surface area contributed by atoms with Crippen LogP contribution in [0.3, 0.4) is 0 Å². The third-order valence-electron chi connectivity index (χ3n) is 2.49. The molecule has 0 aromatic carbocycles. The minimum atomic E-state index is -0.381. The molecule has 0 fully saturated rings. The van der Waals surface area contributed by atoms with E-state index in [-0.39, 0.29) is 5.97 Å². The Morgan fingerprint density at radius 3 is 2.79 bits per heavy atom. The lowest BCUT2D eigenvalue weighted by molar-refractivity contribution is 0.0605. The quantitative estimate of drug-likeness (QED) is 0.708. The number of methoxy groups -OCH3 is 2. The molecule has 0 bridgehead atoms. The van der Waals surface area contributed by atoms with Gasteiger partial charge in [0.2, 0.25) is 0 Å². The predicted molar refractivity (Wildman–Crippen MR) is 72.5 cm³/mol. The molecule has 1 heterocycles. The molecule has 0 amide bonds. The van der Waals surface area contributed by atoms with Crippen molar-refractivity contribution in [2.24, 2.45) is 0 Å². The fraction of sp³-hybridized carbons (Fsp3) is 0.583. The normalized spacial score (nSPS) is 10.0. The second-order valence-corrected chi connectivity index (χ2v) is 4.77. The van der Waals surface area contributed by atoms with Gasteiger partial charge in [-0.05, 0) is 6.92 Å². The Kier molecular flexibility index (Phi) is 6.25. The zero-order chi connectivity index (χ0) is 14.3. The molecular formula is C12H17N3O3S. The minimum absolute atomic E-state index is 0.381. The first-order valence-corrected chi connectivity index (χ1v) is 6.62. The predicted octanol–water partition coefficient (Wildman–Crippen LogP) is 1.60. The van der Waals surface area contributed by atoms with Gasteiger partial charge in [0.25, 0.3) is 0 Å². The molecule has 1 aromatic rings. The van der Waals surface area contributed by atoms with Crippen LogP contribution >= 0.6 is 11.3 Å². The van der Waals surface area contributed by atoms with E-state index in [0.717, 1.165) is 0 Å². The van der Waals surface area contributed by atoms with Crippen LogP contribution in [-0.2, 0) is 9.47 Å². The van der Waals surface area contributed by atoms with Gasteiger partial charge in [0.15, 0.2) is 5.13 Å². The zero-order valence-corrected chi connectivity index (χ0v) is 12.1. The second kappa shape index (κ2) is 7.71. The van der Waals surface area contributed by atoms with E-state index < -0.39 is 0 Å². The molecule has 1 aromatic heterocycles. The van der Waals surface area contributed by atoms with E-state index in [2.05, 4.69) is 11.1 Å². The van der Waals surface area contributed by atoms with Gasteiger partial charge in [0, 0.05) is 20.2 Å². The first kappa shape index (κ1) is 15.4. The van der Waals surface area contributed by atoms with Crippen LogP contribution in [0.15, 0.2) is 0 Å². The molecule has 0 aliphatic rings. The molecule has 6 nitrogen and oxygen atoms in total. The van der Waals surface area contributed by atoms with E-state index >= 15 is 0 Å². The number of esters is 1. The average Bonchev–Trinajstić information content (AvgIpc) is 2.80. The summed E-state index contributed by atoms with van der Waals surface area (Å²) in [5.74, 6) is -0.381. The summed E-state index contributed by atoms with van der Waals surface area (Å²) in [5, 5.41) is 9.39. The number of carbonyl (C=O) groups excluding carboxylic acids is 1. The highest BCUT2D eigenvalue weighted by Crippen LogP contribution is 2.26. The fourth-order valence-corrected chi connectivity index (χ4v) is 2.53. The number of nitrogens with zero attached hydrogens (tertiary/aromatic N) is 3. The van der Waals surface area contributed by atoms with Crippen molar-refractivity contribution in [3.8, 4) is 6.07 Å². The number of hydrogen-bond donors (Lipinski definition) is 0. The molecular weight excluding hydrogens is 266 g/mol. The van der Waals surface area contributed by atoms with E-state index in [1.165, 1.54) is 18.4 Å². The van der Waals surface area contributed by atoms with Gasteiger partial charge in [-0.3, -0.25) is 0 Å². The number of ether oxygens (including phenoxy) is 2. The van der Waals surface area contributed by atoms with Crippen molar-refractivity contribution >= 4 is 22.4 Å². The number of aromatic nitrogens is 1. The Balaban J connectivity index is 2.89. The van der Waals surface area contributed by atoms with Crippen molar-refractivity contribution < 1.29 is 14.3 Å². The molecule has 0 radical (unpaired) electrons. The number of anilines is 1. The summed E-state index contributed by atoms with van der Waals surface area (Å²) in [6, 6.07) is 2.10. The van der Waals surface area contributed by atoms with Crippen molar-refractivity contribution in [3.63, 3.8) is 0 Å². The molecule has 0 atom stereocenters. The summed E-state index contributed by atoms with van der Waals surface area (Å²) in [5.41, 5.74) is 0.645. The van der Waals surface area contributed by atoms with E-state index in [1.54, 1.807) is 14.0 Å². The molecule has 104 valence electrons. The van der Waals surface area contributed by atoms with Crippen molar-refractivity contribution in [1.29, 1.82) is 5.26 Å². The first-order chi connectivity index (χ1) is 9.13. The van der Waals surface area contributed by atoms with Crippen LogP contribution < -0.4 is 4.90 Å². The lowest BCUT2D eigenvalue weighted by atomic mass is 10.4. The Bertz CT molecular complexity index is 467. The largest absolute Gasteiger partial charge is 0.465 e. The lowest BCUT2D eigenvalue weighted by Crippen LogP contribution is -2.28. The Hall–Kier alpha value is -1.65. The van der Waals surface area contributed by atoms with Gasteiger partial charge in [-0.2, -0.15) is 5.26 Å². The van der Waals surface area contributed by atoms with Gasteiger partial charge in [0.1, 0.15) is 4.88 Å². The maximum absolute atomic E-state index is 11.6. The highest BCUT2D eigenvalue weighted by molar-refractivity contribution is 7.17. The number of nitriles is 1. The minimum Gasteiger partial charge on any atom is -0.465 e. The molecule has 0 spiro atoms. The van der Waals surface area contributed by atoms with Crippen LogP contribution in [-0.4, -0.2) is 44.9 Å². The molecule has 0 aliphatic carbocycles. The molecule has 0 N–H and O–H groups in total. The summed E-state index contributed by atoms with van der Waals surface area (Å²) >= 11 is 1.28. The average molecular weight is 283 g/mol. The van der Waals surface area contributed by atoms with Gasteiger partial charge in [-0.1, -0.05) is 11.3 Å². The number of hydrogen-bond acceptors (Lipinski definition) is 7. The van der Waals surface area contributed by atoms with Crippen LogP contribution in [0.2, 0.25) is 0 Å². The molecule has 7 heteroatoms. The zero-order valence-electron chi connectivity index (χ0n) is 11.3. The summed E-state index contributed by atoms with van der Waals surface area (Å²) in [6.45, 7) is 3.50. The molecule has 0 unspecified atom stereocenters. The van der Waals surface area contributed by atoms with Crippen LogP contribution in [0.4, 0.5) is 5.13 Å².